The molecule has 1 amide bonds. The number of hydrogen-bond donors (Lipinski definition) is 1. The predicted molar refractivity (Wildman–Crippen MR) is 115 cm³/mol. The molecular weight excluding hydrogens is 368 g/mol. The first kappa shape index (κ1) is 20.1. The largest absolute Gasteiger partial charge is 0.497 e. The monoisotopic (exact) mass is 394 g/mol. The van der Waals surface area contributed by atoms with Crippen LogP contribution in [0.5, 0.6) is 5.75 Å². The molecule has 1 aromatic heterocycles. The highest BCUT2D eigenvalue weighted by atomic mass is 32.1. The molecule has 2 aromatic carbocycles. The molecule has 0 aliphatic carbocycles. The lowest BCUT2D eigenvalue weighted by atomic mass is 9.98. The van der Waals surface area contributed by atoms with Crippen LogP contribution in [0.4, 0.5) is 0 Å². The SMILES string of the molecule is COc1ccc(C(NC(=O)CN(C)Cc2sccc2C)c2ccccc2)cc1. The molecule has 0 aliphatic rings. The first-order valence-electron chi connectivity index (χ1n) is 9.26. The summed E-state index contributed by atoms with van der Waals surface area (Å²) in [5.41, 5.74) is 3.35. The molecule has 3 aromatic rings. The molecule has 0 fully saturated rings. The Balaban J connectivity index is 1.71. The zero-order valence-electron chi connectivity index (χ0n) is 16.5. The van der Waals surface area contributed by atoms with Gasteiger partial charge in [0.25, 0.3) is 0 Å². The van der Waals surface area contributed by atoms with Crippen molar-refractivity contribution in [2.45, 2.75) is 19.5 Å². The van der Waals surface area contributed by atoms with Crippen molar-refractivity contribution in [3.8, 4) is 5.75 Å². The van der Waals surface area contributed by atoms with E-state index >= 15 is 0 Å². The van der Waals surface area contributed by atoms with Crippen molar-refractivity contribution in [1.82, 2.24) is 10.2 Å². The van der Waals surface area contributed by atoms with Crippen LogP contribution in [-0.4, -0.2) is 31.5 Å². The molecule has 3 rings (SSSR count). The predicted octanol–water partition coefficient (Wildman–Crippen LogP) is 4.40. The second-order valence-electron chi connectivity index (χ2n) is 6.88. The molecule has 28 heavy (non-hydrogen) atoms. The Kier molecular flexibility index (Phi) is 6.85. The maximum absolute atomic E-state index is 12.8. The standard InChI is InChI=1S/C23H26N2O2S/c1-17-13-14-28-21(17)15-25(2)16-22(26)24-23(18-7-5-4-6-8-18)19-9-11-20(27-3)12-10-19/h4-14,23H,15-16H2,1-3H3,(H,24,26). The average molecular weight is 395 g/mol. The quantitative estimate of drug-likeness (QED) is 0.616. The summed E-state index contributed by atoms with van der Waals surface area (Å²) >= 11 is 1.73. The van der Waals surface area contributed by atoms with Gasteiger partial charge in [0, 0.05) is 11.4 Å². The molecule has 146 valence electrons. The summed E-state index contributed by atoms with van der Waals surface area (Å²) in [6.45, 7) is 3.22. The Morgan fingerprint density at radius 1 is 1.07 bits per heavy atom. The summed E-state index contributed by atoms with van der Waals surface area (Å²) < 4.78 is 5.25. The molecule has 4 nitrogen and oxygen atoms in total. The third-order valence-corrected chi connectivity index (χ3v) is 5.69. The summed E-state index contributed by atoms with van der Waals surface area (Å²) in [4.78, 5) is 16.1. The molecule has 0 aliphatic heterocycles. The Morgan fingerprint density at radius 3 is 2.36 bits per heavy atom. The van der Waals surface area contributed by atoms with Gasteiger partial charge >= 0.3 is 0 Å². The number of hydrogen-bond acceptors (Lipinski definition) is 4. The number of aryl methyl sites for hydroxylation is 1. The fourth-order valence-electron chi connectivity index (χ4n) is 3.12. The third-order valence-electron chi connectivity index (χ3n) is 4.68. The number of likely N-dealkylation sites (N-methyl/N-ethyl adjacent to an activating group) is 1. The van der Waals surface area contributed by atoms with E-state index in [0.29, 0.717) is 6.54 Å². The highest BCUT2D eigenvalue weighted by molar-refractivity contribution is 7.10. The lowest BCUT2D eigenvalue weighted by Crippen LogP contribution is -2.37. The van der Waals surface area contributed by atoms with Crippen molar-refractivity contribution in [3.05, 3.63) is 87.6 Å². The number of benzene rings is 2. The zero-order valence-corrected chi connectivity index (χ0v) is 17.3. The molecule has 0 radical (unpaired) electrons. The van der Waals surface area contributed by atoms with Crippen LogP contribution in [0.3, 0.4) is 0 Å². The summed E-state index contributed by atoms with van der Waals surface area (Å²) in [6.07, 6.45) is 0. The van der Waals surface area contributed by atoms with Gasteiger partial charge in [0.15, 0.2) is 0 Å². The Hall–Kier alpha value is -2.63. The average Bonchev–Trinajstić information content (AvgIpc) is 3.11. The Morgan fingerprint density at radius 2 is 1.75 bits per heavy atom. The molecule has 1 heterocycles. The van der Waals surface area contributed by atoms with Gasteiger partial charge in [-0.2, -0.15) is 0 Å². The first-order valence-corrected chi connectivity index (χ1v) is 10.1. The van der Waals surface area contributed by atoms with Gasteiger partial charge in [-0.1, -0.05) is 42.5 Å². The number of nitrogens with one attached hydrogen (secondary N) is 1. The van der Waals surface area contributed by atoms with Gasteiger partial charge in [-0.25, -0.2) is 0 Å². The topological polar surface area (TPSA) is 41.6 Å². The van der Waals surface area contributed by atoms with E-state index in [9.17, 15) is 4.79 Å². The van der Waals surface area contributed by atoms with Crippen LogP contribution in [0.1, 0.15) is 27.6 Å². The summed E-state index contributed by atoms with van der Waals surface area (Å²) in [5, 5.41) is 5.29. The van der Waals surface area contributed by atoms with Crippen molar-refractivity contribution >= 4 is 17.2 Å². The zero-order chi connectivity index (χ0) is 19.9. The molecule has 5 heteroatoms. The fourth-order valence-corrected chi connectivity index (χ4v) is 4.11. The maximum Gasteiger partial charge on any atom is 0.234 e. The lowest BCUT2D eigenvalue weighted by Gasteiger charge is -2.22. The molecule has 0 spiro atoms. The summed E-state index contributed by atoms with van der Waals surface area (Å²) in [6, 6.07) is 19.8. The second-order valence-corrected chi connectivity index (χ2v) is 7.88. The van der Waals surface area contributed by atoms with Gasteiger partial charge in [0.2, 0.25) is 5.91 Å². The van der Waals surface area contributed by atoms with Crippen molar-refractivity contribution in [2.75, 3.05) is 20.7 Å². The van der Waals surface area contributed by atoms with E-state index in [1.165, 1.54) is 10.4 Å². The van der Waals surface area contributed by atoms with Crippen molar-refractivity contribution in [2.24, 2.45) is 0 Å². The molecule has 1 N–H and O–H groups in total. The number of nitrogens with zero attached hydrogens (tertiary/aromatic N) is 1. The smallest absolute Gasteiger partial charge is 0.234 e. The number of ether oxygens (including phenoxy) is 1. The Bertz CT molecular complexity index is 890. The molecule has 1 atom stereocenters. The minimum absolute atomic E-state index is 0.00128. The number of amides is 1. The van der Waals surface area contributed by atoms with Gasteiger partial charge < -0.3 is 10.1 Å². The van der Waals surface area contributed by atoms with Gasteiger partial charge in [-0.3, -0.25) is 9.69 Å². The number of rotatable bonds is 8. The van der Waals surface area contributed by atoms with Crippen molar-refractivity contribution in [3.63, 3.8) is 0 Å². The maximum atomic E-state index is 12.8. The molecular formula is C23H26N2O2S. The lowest BCUT2D eigenvalue weighted by molar-refractivity contribution is -0.122. The normalized spacial score (nSPS) is 12.0. The van der Waals surface area contributed by atoms with Gasteiger partial charge in [-0.15, -0.1) is 11.3 Å². The Labute approximate surface area is 170 Å². The van der Waals surface area contributed by atoms with E-state index in [-0.39, 0.29) is 11.9 Å². The number of carbonyl (C=O) groups is 1. The molecule has 0 bridgehead atoms. The van der Waals surface area contributed by atoms with Gasteiger partial charge in [-0.05, 0) is 54.2 Å². The third kappa shape index (κ3) is 5.21. The molecule has 1 unspecified atom stereocenters. The summed E-state index contributed by atoms with van der Waals surface area (Å²) in [7, 11) is 3.63. The van der Waals surface area contributed by atoms with Crippen molar-refractivity contribution < 1.29 is 9.53 Å². The van der Waals surface area contributed by atoms with E-state index in [2.05, 4.69) is 23.7 Å². The van der Waals surface area contributed by atoms with Crippen LogP contribution >= 0.6 is 11.3 Å². The van der Waals surface area contributed by atoms with Gasteiger partial charge in [0.05, 0.1) is 19.7 Å². The van der Waals surface area contributed by atoms with Gasteiger partial charge in [0.1, 0.15) is 5.75 Å². The van der Waals surface area contributed by atoms with Crippen LogP contribution in [0.2, 0.25) is 0 Å². The van der Waals surface area contributed by atoms with Crippen LogP contribution in [0.25, 0.3) is 0 Å². The van der Waals surface area contributed by atoms with Crippen LogP contribution < -0.4 is 10.1 Å². The second kappa shape index (κ2) is 9.53. The van der Waals surface area contributed by atoms with Crippen LogP contribution in [0.15, 0.2) is 66.0 Å². The number of carbonyl (C=O) groups excluding carboxylic acids is 1. The molecule has 0 saturated heterocycles. The van der Waals surface area contributed by atoms with E-state index in [1.807, 2.05) is 66.5 Å². The molecule has 0 saturated carbocycles. The minimum atomic E-state index is -0.198. The number of methoxy groups -OCH3 is 1. The summed E-state index contributed by atoms with van der Waals surface area (Å²) in [5.74, 6) is 0.800. The van der Waals surface area contributed by atoms with Crippen LogP contribution in [0, 0.1) is 6.92 Å². The van der Waals surface area contributed by atoms with E-state index in [1.54, 1.807) is 18.4 Å². The van der Waals surface area contributed by atoms with Crippen LogP contribution in [-0.2, 0) is 11.3 Å². The highest BCUT2D eigenvalue weighted by Gasteiger charge is 2.18. The van der Waals surface area contributed by atoms with E-state index in [0.717, 1.165) is 23.4 Å². The first-order chi connectivity index (χ1) is 13.6. The van der Waals surface area contributed by atoms with Crippen molar-refractivity contribution in [1.29, 1.82) is 0 Å². The number of thiophene rings is 1. The van der Waals surface area contributed by atoms with E-state index < -0.39 is 0 Å². The minimum Gasteiger partial charge on any atom is -0.497 e. The fraction of sp³-hybridized carbons (Fsp3) is 0.261. The van der Waals surface area contributed by atoms with E-state index in [4.69, 9.17) is 4.74 Å². The highest BCUT2D eigenvalue weighted by Crippen LogP contribution is 2.24.